The second-order valence-corrected chi connectivity index (χ2v) is 9.18. The lowest BCUT2D eigenvalue weighted by Gasteiger charge is -2.18. The number of imidazole rings is 1. The number of hydrogen-bond acceptors (Lipinski definition) is 4. The van der Waals surface area contributed by atoms with E-state index in [2.05, 4.69) is 17.2 Å². The second-order valence-electron chi connectivity index (χ2n) is 7.24. The summed E-state index contributed by atoms with van der Waals surface area (Å²) in [5.74, 6) is 0.803. The van der Waals surface area contributed by atoms with E-state index in [0.717, 1.165) is 24.2 Å². The number of fused-ring (bicyclic) bond motifs is 1. The van der Waals surface area contributed by atoms with Crippen LogP contribution >= 0.6 is 0 Å². The first-order chi connectivity index (χ1) is 13.8. The first-order valence-corrected chi connectivity index (χ1v) is 12.0. The van der Waals surface area contributed by atoms with Crippen LogP contribution in [0.5, 0.6) is 0 Å². The number of unbranched alkanes of at least 4 members (excludes halogenated alkanes) is 3. The monoisotopic (exact) mass is 422 g/mol. The highest BCUT2D eigenvalue weighted by Gasteiger charge is 2.22. The maximum absolute atomic E-state index is 12.7. The molecule has 0 saturated carbocycles. The Hall–Kier alpha value is -1.93. The second kappa shape index (κ2) is 10.7. The largest absolute Gasteiger partial charge is 0.356 e. The van der Waals surface area contributed by atoms with Gasteiger partial charge in [0.1, 0.15) is 5.82 Å². The number of carbonyl (C=O) groups is 1. The molecule has 29 heavy (non-hydrogen) atoms. The lowest BCUT2D eigenvalue weighted by Crippen LogP contribution is -2.30. The molecule has 7 nitrogen and oxygen atoms in total. The number of sulfonamides is 1. The highest BCUT2D eigenvalue weighted by Crippen LogP contribution is 2.22. The van der Waals surface area contributed by atoms with Gasteiger partial charge in [0, 0.05) is 39.5 Å². The van der Waals surface area contributed by atoms with Crippen molar-refractivity contribution in [1.29, 1.82) is 0 Å². The Kier molecular flexibility index (Phi) is 8.64. The van der Waals surface area contributed by atoms with Gasteiger partial charge < -0.3 is 9.88 Å². The van der Waals surface area contributed by atoms with Gasteiger partial charge in [-0.3, -0.25) is 4.79 Å². The maximum atomic E-state index is 12.7. The minimum Gasteiger partial charge on any atom is -0.356 e. The van der Waals surface area contributed by atoms with Gasteiger partial charge >= 0.3 is 0 Å². The molecule has 0 spiro atoms. The van der Waals surface area contributed by atoms with Gasteiger partial charge in [-0.15, -0.1) is 0 Å². The number of carbonyl (C=O) groups excluding carboxylic acids is 1. The third kappa shape index (κ3) is 5.79. The van der Waals surface area contributed by atoms with Gasteiger partial charge in [0.25, 0.3) is 0 Å². The Morgan fingerprint density at radius 1 is 1.14 bits per heavy atom. The normalized spacial score (nSPS) is 12.0. The van der Waals surface area contributed by atoms with Crippen molar-refractivity contribution in [3.8, 4) is 0 Å². The average molecular weight is 423 g/mol. The number of amides is 1. The summed E-state index contributed by atoms with van der Waals surface area (Å²) < 4.78 is 28.9. The molecule has 0 bridgehead atoms. The van der Waals surface area contributed by atoms with E-state index >= 15 is 0 Å². The molecule has 2 aromatic rings. The molecular formula is C21H34N4O3S. The van der Waals surface area contributed by atoms with Gasteiger partial charge in [-0.25, -0.2) is 13.4 Å². The van der Waals surface area contributed by atoms with Gasteiger partial charge in [-0.1, -0.05) is 40.0 Å². The first kappa shape index (κ1) is 23.3. The van der Waals surface area contributed by atoms with E-state index in [4.69, 9.17) is 0 Å². The number of rotatable bonds is 12. The standard InChI is InChI=1S/C21H34N4O3S/c1-5-8-9-10-15-22-21(26)14-13-20-23-18-16-17(11-12-19(18)24(20)4)29(27,28)25(6-2)7-3/h11-12,16H,5-10,13-15H2,1-4H3,(H,22,26). The fourth-order valence-electron chi connectivity index (χ4n) is 3.42. The topological polar surface area (TPSA) is 84.3 Å². The molecule has 2 rings (SSSR count). The molecule has 0 fully saturated rings. The lowest BCUT2D eigenvalue weighted by atomic mass is 10.2. The summed E-state index contributed by atoms with van der Waals surface area (Å²) in [6.07, 6.45) is 5.41. The molecule has 0 radical (unpaired) electrons. The van der Waals surface area contributed by atoms with Crippen molar-refractivity contribution in [1.82, 2.24) is 19.2 Å². The zero-order valence-corrected chi connectivity index (χ0v) is 18.9. The smallest absolute Gasteiger partial charge is 0.243 e. The van der Waals surface area contributed by atoms with Crippen LogP contribution in [0.4, 0.5) is 0 Å². The van der Waals surface area contributed by atoms with Gasteiger partial charge in [0.05, 0.1) is 15.9 Å². The predicted molar refractivity (Wildman–Crippen MR) is 116 cm³/mol. The van der Waals surface area contributed by atoms with Crippen LogP contribution in [0, 0.1) is 0 Å². The molecule has 0 aliphatic carbocycles. The van der Waals surface area contributed by atoms with Crippen LogP contribution in [-0.2, 0) is 28.3 Å². The van der Waals surface area contributed by atoms with Crippen LogP contribution in [0.3, 0.4) is 0 Å². The molecule has 8 heteroatoms. The van der Waals surface area contributed by atoms with Crippen molar-refractivity contribution in [3.63, 3.8) is 0 Å². The average Bonchev–Trinajstić information content (AvgIpc) is 3.02. The summed E-state index contributed by atoms with van der Waals surface area (Å²) in [6.45, 7) is 7.39. The Morgan fingerprint density at radius 2 is 1.86 bits per heavy atom. The zero-order chi connectivity index (χ0) is 21.4. The molecule has 1 aromatic carbocycles. The van der Waals surface area contributed by atoms with Crippen molar-refractivity contribution in [2.24, 2.45) is 7.05 Å². The molecular weight excluding hydrogens is 388 g/mol. The minimum atomic E-state index is -3.52. The number of aryl methyl sites for hydroxylation is 2. The van der Waals surface area contributed by atoms with Crippen molar-refractivity contribution < 1.29 is 13.2 Å². The van der Waals surface area contributed by atoms with E-state index in [1.807, 2.05) is 25.5 Å². The molecule has 1 amide bonds. The highest BCUT2D eigenvalue weighted by molar-refractivity contribution is 7.89. The Labute approximate surface area is 174 Å². The van der Waals surface area contributed by atoms with Crippen LogP contribution in [0.2, 0.25) is 0 Å². The summed E-state index contributed by atoms with van der Waals surface area (Å²) in [5.41, 5.74) is 1.49. The zero-order valence-electron chi connectivity index (χ0n) is 18.1. The Balaban J connectivity index is 2.07. The maximum Gasteiger partial charge on any atom is 0.243 e. The summed E-state index contributed by atoms with van der Waals surface area (Å²) in [5, 5.41) is 2.96. The van der Waals surface area contributed by atoms with Crippen molar-refractivity contribution in [2.75, 3.05) is 19.6 Å². The molecule has 1 N–H and O–H groups in total. The van der Waals surface area contributed by atoms with Crippen molar-refractivity contribution in [2.45, 2.75) is 64.2 Å². The number of nitrogens with one attached hydrogen (secondary N) is 1. The molecule has 0 atom stereocenters. The van der Waals surface area contributed by atoms with Crippen LogP contribution in [0.1, 0.15) is 58.7 Å². The number of hydrogen-bond donors (Lipinski definition) is 1. The first-order valence-electron chi connectivity index (χ1n) is 10.6. The summed E-state index contributed by atoms with van der Waals surface area (Å²) in [6, 6.07) is 5.04. The predicted octanol–water partition coefficient (Wildman–Crippen LogP) is 3.23. The fourth-order valence-corrected chi connectivity index (χ4v) is 4.90. The van der Waals surface area contributed by atoms with E-state index in [0.29, 0.717) is 38.0 Å². The van der Waals surface area contributed by atoms with Crippen LogP contribution in [0.15, 0.2) is 23.1 Å². The van der Waals surface area contributed by atoms with Crippen LogP contribution in [-0.4, -0.2) is 47.8 Å². The van der Waals surface area contributed by atoms with Crippen LogP contribution < -0.4 is 5.32 Å². The third-order valence-electron chi connectivity index (χ3n) is 5.22. The molecule has 162 valence electrons. The van der Waals surface area contributed by atoms with E-state index in [-0.39, 0.29) is 10.8 Å². The van der Waals surface area contributed by atoms with E-state index in [9.17, 15) is 13.2 Å². The summed E-state index contributed by atoms with van der Waals surface area (Å²) in [7, 11) is -1.62. The van der Waals surface area contributed by atoms with E-state index in [1.54, 1.807) is 18.2 Å². The molecule has 0 aliphatic rings. The third-order valence-corrected chi connectivity index (χ3v) is 7.26. The molecule has 0 aliphatic heterocycles. The van der Waals surface area contributed by atoms with E-state index in [1.165, 1.54) is 17.1 Å². The minimum absolute atomic E-state index is 0.0263. The van der Waals surface area contributed by atoms with Gasteiger partial charge in [-0.05, 0) is 24.6 Å². The number of benzene rings is 1. The van der Waals surface area contributed by atoms with Gasteiger partial charge in [0.2, 0.25) is 15.9 Å². The summed E-state index contributed by atoms with van der Waals surface area (Å²) in [4.78, 5) is 16.9. The SMILES string of the molecule is CCCCCCNC(=O)CCc1nc2cc(S(=O)(=O)N(CC)CC)ccc2n1C. The van der Waals surface area contributed by atoms with Gasteiger partial charge in [0.15, 0.2) is 0 Å². The van der Waals surface area contributed by atoms with E-state index < -0.39 is 10.0 Å². The molecule has 0 unspecified atom stereocenters. The number of aromatic nitrogens is 2. The quantitative estimate of drug-likeness (QED) is 0.532. The van der Waals surface area contributed by atoms with Crippen molar-refractivity contribution >= 4 is 27.0 Å². The Morgan fingerprint density at radius 3 is 2.52 bits per heavy atom. The molecule has 1 aromatic heterocycles. The highest BCUT2D eigenvalue weighted by atomic mass is 32.2. The molecule has 0 saturated heterocycles. The van der Waals surface area contributed by atoms with Crippen molar-refractivity contribution in [3.05, 3.63) is 24.0 Å². The lowest BCUT2D eigenvalue weighted by molar-refractivity contribution is -0.121. The van der Waals surface area contributed by atoms with Crippen LogP contribution in [0.25, 0.3) is 11.0 Å². The van der Waals surface area contributed by atoms with Gasteiger partial charge in [-0.2, -0.15) is 4.31 Å². The molecule has 1 heterocycles. The fraction of sp³-hybridized carbons (Fsp3) is 0.619. The number of nitrogens with zero attached hydrogens (tertiary/aromatic N) is 3. The Bertz CT molecular complexity index is 917. The summed E-state index contributed by atoms with van der Waals surface area (Å²) >= 11 is 0.